The Hall–Kier alpha value is -2.34. The number of benzene rings is 2. The van der Waals surface area contributed by atoms with E-state index in [-0.39, 0.29) is 0 Å². The number of amidine groups is 1. The van der Waals surface area contributed by atoms with Crippen molar-refractivity contribution in [2.45, 2.75) is 12.0 Å². The molecule has 6 heteroatoms. The third kappa shape index (κ3) is 2.52. The fourth-order valence-electron chi connectivity index (χ4n) is 3.52. The molecular formula is C19H19BrN4O. The maximum atomic E-state index is 6.29. The van der Waals surface area contributed by atoms with Gasteiger partial charge in [0, 0.05) is 17.6 Å². The first-order valence-corrected chi connectivity index (χ1v) is 9.03. The molecule has 0 spiro atoms. The molecule has 128 valence electrons. The predicted molar refractivity (Wildman–Crippen MR) is 103 cm³/mol. The zero-order valence-electron chi connectivity index (χ0n) is 13.9. The molecule has 4 rings (SSSR count). The summed E-state index contributed by atoms with van der Waals surface area (Å²) in [6.45, 7) is 1.64. The number of hydrogen-bond acceptors (Lipinski definition) is 5. The molecule has 0 radical (unpaired) electrons. The van der Waals surface area contributed by atoms with Gasteiger partial charge in [-0.1, -0.05) is 40.2 Å². The summed E-state index contributed by atoms with van der Waals surface area (Å²) in [6.07, 6.45) is 0.983. The van der Waals surface area contributed by atoms with Gasteiger partial charge in [-0.3, -0.25) is 9.89 Å². The Balaban J connectivity index is 1.97. The number of methoxy groups -OCH3 is 1. The summed E-state index contributed by atoms with van der Waals surface area (Å²) in [5.74, 6) is 2.24. The van der Waals surface area contributed by atoms with Gasteiger partial charge < -0.3 is 10.5 Å². The van der Waals surface area contributed by atoms with Crippen LogP contribution in [0.3, 0.4) is 0 Å². The molecule has 0 amide bonds. The van der Waals surface area contributed by atoms with Crippen LogP contribution in [0.1, 0.15) is 17.5 Å². The van der Waals surface area contributed by atoms with Gasteiger partial charge in [0.25, 0.3) is 0 Å². The fourth-order valence-corrected chi connectivity index (χ4v) is 3.92. The minimum atomic E-state index is -0.722. The smallest absolute Gasteiger partial charge is 0.198 e. The number of fused-ring (bicyclic) bond motifs is 1. The van der Waals surface area contributed by atoms with Gasteiger partial charge in [-0.15, -0.1) is 0 Å². The second-order valence-corrected chi connectivity index (χ2v) is 7.05. The van der Waals surface area contributed by atoms with Gasteiger partial charge >= 0.3 is 0 Å². The number of nitrogens with zero attached hydrogens (tertiary/aromatic N) is 3. The van der Waals surface area contributed by atoms with Crippen LogP contribution in [-0.2, 0) is 5.54 Å². The van der Waals surface area contributed by atoms with Crippen LogP contribution in [0.4, 0.5) is 0 Å². The molecule has 2 aliphatic heterocycles. The highest BCUT2D eigenvalue weighted by Gasteiger charge is 2.49. The molecule has 0 fully saturated rings. The van der Waals surface area contributed by atoms with Gasteiger partial charge in [0.15, 0.2) is 11.5 Å². The molecule has 2 aliphatic rings. The van der Waals surface area contributed by atoms with Crippen LogP contribution in [0.15, 0.2) is 63.0 Å². The number of guanidine groups is 1. The lowest BCUT2D eigenvalue weighted by atomic mass is 9.82. The largest absolute Gasteiger partial charge is 0.497 e. The highest BCUT2D eigenvalue weighted by atomic mass is 79.9. The molecule has 2 aromatic carbocycles. The molecule has 0 aliphatic carbocycles. The number of hydrogen-bond donors (Lipinski definition) is 1. The standard InChI is InChI=1S/C19H19BrN4O/c1-25-16-8-6-13(7-9-16)19(14-4-2-5-15(20)12-14)17-22-10-3-11-24(17)18(21)23-19/h2,4-9,12H,3,10-11H2,1H3,(H2,21,23). The van der Waals surface area contributed by atoms with Crippen molar-refractivity contribution in [3.05, 3.63) is 64.1 Å². The molecule has 0 saturated carbocycles. The summed E-state index contributed by atoms with van der Waals surface area (Å²) in [7, 11) is 1.66. The van der Waals surface area contributed by atoms with E-state index in [0.29, 0.717) is 5.96 Å². The highest BCUT2D eigenvalue weighted by molar-refractivity contribution is 9.10. The van der Waals surface area contributed by atoms with E-state index in [1.54, 1.807) is 7.11 Å². The average molecular weight is 399 g/mol. The van der Waals surface area contributed by atoms with E-state index in [1.165, 1.54) is 0 Å². The number of halogens is 1. The maximum Gasteiger partial charge on any atom is 0.198 e. The Morgan fingerprint density at radius 3 is 2.68 bits per heavy atom. The first-order chi connectivity index (χ1) is 12.1. The van der Waals surface area contributed by atoms with Gasteiger partial charge in [0.05, 0.1) is 7.11 Å². The van der Waals surface area contributed by atoms with Gasteiger partial charge in [0.1, 0.15) is 11.6 Å². The first-order valence-electron chi connectivity index (χ1n) is 8.23. The van der Waals surface area contributed by atoms with E-state index in [0.717, 1.165) is 46.7 Å². The van der Waals surface area contributed by atoms with Crippen LogP contribution < -0.4 is 10.5 Å². The van der Waals surface area contributed by atoms with Crippen molar-refractivity contribution in [3.8, 4) is 5.75 Å². The lowest BCUT2D eigenvalue weighted by molar-refractivity contribution is 0.414. The van der Waals surface area contributed by atoms with Crippen molar-refractivity contribution in [1.82, 2.24) is 4.90 Å². The van der Waals surface area contributed by atoms with E-state index in [2.05, 4.69) is 28.1 Å². The molecule has 0 bridgehead atoms. The maximum absolute atomic E-state index is 6.29. The van der Waals surface area contributed by atoms with Gasteiger partial charge in [0.2, 0.25) is 0 Å². The normalized spacial score (nSPS) is 22.2. The van der Waals surface area contributed by atoms with Gasteiger partial charge in [-0.25, -0.2) is 4.99 Å². The Labute approximate surface area is 155 Å². The van der Waals surface area contributed by atoms with Crippen molar-refractivity contribution >= 4 is 27.7 Å². The first kappa shape index (κ1) is 16.1. The minimum absolute atomic E-state index is 0.522. The number of nitrogens with two attached hydrogens (primary N) is 1. The van der Waals surface area contributed by atoms with Crippen LogP contribution in [0.25, 0.3) is 0 Å². The molecule has 1 unspecified atom stereocenters. The fraction of sp³-hybridized carbons (Fsp3) is 0.263. The van der Waals surface area contributed by atoms with E-state index in [9.17, 15) is 0 Å². The van der Waals surface area contributed by atoms with Gasteiger partial charge in [-0.05, 0) is 41.8 Å². The van der Waals surface area contributed by atoms with Crippen LogP contribution in [0, 0.1) is 0 Å². The lowest BCUT2D eigenvalue weighted by Crippen LogP contribution is -2.46. The third-order valence-corrected chi connectivity index (χ3v) is 5.18. The Morgan fingerprint density at radius 2 is 1.96 bits per heavy atom. The molecule has 0 aromatic heterocycles. The Morgan fingerprint density at radius 1 is 1.16 bits per heavy atom. The summed E-state index contributed by atoms with van der Waals surface area (Å²) < 4.78 is 6.31. The highest BCUT2D eigenvalue weighted by Crippen LogP contribution is 2.42. The summed E-state index contributed by atoms with van der Waals surface area (Å²) in [5, 5.41) is 0. The zero-order chi connectivity index (χ0) is 17.4. The van der Waals surface area contributed by atoms with E-state index >= 15 is 0 Å². The van der Waals surface area contributed by atoms with Crippen molar-refractivity contribution in [2.24, 2.45) is 15.7 Å². The summed E-state index contributed by atoms with van der Waals surface area (Å²) in [5.41, 5.74) is 7.64. The molecule has 2 aromatic rings. The molecule has 2 heterocycles. The quantitative estimate of drug-likeness (QED) is 0.863. The van der Waals surface area contributed by atoms with Crippen molar-refractivity contribution in [1.29, 1.82) is 0 Å². The van der Waals surface area contributed by atoms with Crippen molar-refractivity contribution in [2.75, 3.05) is 20.2 Å². The van der Waals surface area contributed by atoms with Crippen LogP contribution in [0.2, 0.25) is 0 Å². The van der Waals surface area contributed by atoms with Crippen LogP contribution >= 0.6 is 15.9 Å². The number of rotatable bonds is 3. The second kappa shape index (κ2) is 6.19. The average Bonchev–Trinajstić information content (AvgIpc) is 2.96. The lowest BCUT2D eigenvalue weighted by Gasteiger charge is -2.33. The van der Waals surface area contributed by atoms with E-state index < -0.39 is 5.54 Å². The van der Waals surface area contributed by atoms with Crippen LogP contribution in [-0.4, -0.2) is 36.9 Å². The van der Waals surface area contributed by atoms with Gasteiger partial charge in [-0.2, -0.15) is 0 Å². The summed E-state index contributed by atoms with van der Waals surface area (Å²) in [4.78, 5) is 11.8. The minimum Gasteiger partial charge on any atom is -0.497 e. The SMILES string of the molecule is COc1ccc(C2(c3cccc(Br)c3)N=C(N)N3CCCN=C32)cc1. The summed E-state index contributed by atoms with van der Waals surface area (Å²) in [6, 6.07) is 16.2. The second-order valence-electron chi connectivity index (χ2n) is 6.13. The monoisotopic (exact) mass is 398 g/mol. The topological polar surface area (TPSA) is 63.2 Å². The predicted octanol–water partition coefficient (Wildman–Crippen LogP) is 3.13. The third-order valence-electron chi connectivity index (χ3n) is 4.69. The molecule has 5 nitrogen and oxygen atoms in total. The molecule has 2 N–H and O–H groups in total. The van der Waals surface area contributed by atoms with Crippen LogP contribution in [0.5, 0.6) is 5.75 Å². The van der Waals surface area contributed by atoms with E-state index in [1.807, 2.05) is 41.3 Å². The summed E-state index contributed by atoms with van der Waals surface area (Å²) >= 11 is 3.58. The van der Waals surface area contributed by atoms with Crippen molar-refractivity contribution in [3.63, 3.8) is 0 Å². The Bertz CT molecular complexity index is 862. The molecule has 0 saturated heterocycles. The zero-order valence-corrected chi connectivity index (χ0v) is 15.5. The molecular weight excluding hydrogens is 380 g/mol. The number of aliphatic imine (C=N–C) groups is 2. The van der Waals surface area contributed by atoms with Crippen molar-refractivity contribution < 1.29 is 4.74 Å². The number of ether oxygens (including phenoxy) is 1. The Kier molecular flexibility index (Phi) is 4.00. The van der Waals surface area contributed by atoms with E-state index in [4.69, 9.17) is 20.5 Å². The molecule has 25 heavy (non-hydrogen) atoms. The molecule has 1 atom stereocenters.